The summed E-state index contributed by atoms with van der Waals surface area (Å²) < 4.78 is 10.9. The number of hydrogen-bond acceptors (Lipinski definition) is 3. The molecule has 0 saturated carbocycles. The summed E-state index contributed by atoms with van der Waals surface area (Å²) in [7, 11) is 1.60. The summed E-state index contributed by atoms with van der Waals surface area (Å²) >= 11 is 0. The normalized spacial score (nSPS) is 12.7. The number of nitrogens with one attached hydrogen (secondary N) is 1. The fraction of sp³-hybridized carbons (Fsp3) is 0.533. The monoisotopic (exact) mass is 265 g/mol. The first-order valence-corrected chi connectivity index (χ1v) is 6.48. The number of amides is 1. The molecule has 1 amide bonds. The number of carbonyl (C=O) groups excluding carboxylic acids is 1. The highest BCUT2D eigenvalue weighted by atomic mass is 16.5. The molecule has 0 unspecified atom stereocenters. The predicted molar refractivity (Wildman–Crippen MR) is 75.6 cm³/mol. The summed E-state index contributed by atoms with van der Waals surface area (Å²) in [5, 5.41) is 2.92. The van der Waals surface area contributed by atoms with Crippen LogP contribution in [0.2, 0.25) is 0 Å². The van der Waals surface area contributed by atoms with Gasteiger partial charge in [-0.3, -0.25) is 4.79 Å². The Morgan fingerprint density at radius 2 is 1.95 bits per heavy atom. The summed E-state index contributed by atoms with van der Waals surface area (Å²) in [6.45, 7) is 7.77. The molecule has 0 aromatic heterocycles. The number of ether oxygens (including phenoxy) is 2. The molecule has 0 bridgehead atoms. The minimum Gasteiger partial charge on any atom is -0.497 e. The van der Waals surface area contributed by atoms with Gasteiger partial charge in [-0.15, -0.1) is 0 Å². The highest BCUT2D eigenvalue weighted by Crippen LogP contribution is 2.20. The molecule has 0 heterocycles. The molecular formula is C15H23NO3. The van der Waals surface area contributed by atoms with Gasteiger partial charge in [-0.05, 0) is 39.3 Å². The van der Waals surface area contributed by atoms with Gasteiger partial charge >= 0.3 is 0 Å². The second-order valence-corrected chi connectivity index (χ2v) is 5.43. The van der Waals surface area contributed by atoms with Crippen molar-refractivity contribution in [2.45, 2.75) is 45.8 Å². The molecular weight excluding hydrogens is 242 g/mol. The maximum absolute atomic E-state index is 12.1. The molecule has 1 rings (SSSR count). The van der Waals surface area contributed by atoms with E-state index >= 15 is 0 Å². The third-order valence-corrected chi connectivity index (χ3v) is 2.48. The molecule has 106 valence electrons. The first kappa shape index (κ1) is 15.3. The summed E-state index contributed by atoms with van der Waals surface area (Å²) in [6.07, 6.45) is 0.116. The van der Waals surface area contributed by atoms with Crippen molar-refractivity contribution in [1.29, 1.82) is 0 Å². The number of methoxy groups -OCH3 is 1. The molecule has 0 radical (unpaired) electrons. The van der Waals surface area contributed by atoms with Crippen LogP contribution < -0.4 is 14.8 Å². The first-order valence-electron chi connectivity index (χ1n) is 6.48. The van der Waals surface area contributed by atoms with Gasteiger partial charge in [-0.1, -0.05) is 13.0 Å². The second-order valence-electron chi connectivity index (χ2n) is 5.43. The third-order valence-electron chi connectivity index (χ3n) is 2.48. The molecule has 4 nitrogen and oxygen atoms in total. The van der Waals surface area contributed by atoms with Crippen LogP contribution in [0, 0.1) is 0 Å². The zero-order valence-corrected chi connectivity index (χ0v) is 12.3. The molecule has 0 aliphatic carbocycles. The predicted octanol–water partition coefficient (Wildman–Crippen LogP) is 2.77. The maximum atomic E-state index is 12.1. The van der Waals surface area contributed by atoms with Crippen molar-refractivity contribution in [3.63, 3.8) is 0 Å². The molecule has 1 aromatic carbocycles. The second kappa shape index (κ2) is 6.45. The van der Waals surface area contributed by atoms with E-state index in [0.717, 1.165) is 0 Å². The van der Waals surface area contributed by atoms with Crippen molar-refractivity contribution >= 4 is 5.91 Å². The fourth-order valence-electron chi connectivity index (χ4n) is 1.61. The van der Waals surface area contributed by atoms with Crippen LogP contribution in [0.3, 0.4) is 0 Å². The van der Waals surface area contributed by atoms with Crippen LogP contribution in [0.5, 0.6) is 11.5 Å². The minimum atomic E-state index is -0.494. The van der Waals surface area contributed by atoms with E-state index in [1.807, 2.05) is 45.9 Å². The summed E-state index contributed by atoms with van der Waals surface area (Å²) in [6, 6.07) is 7.26. The Hall–Kier alpha value is -1.71. The van der Waals surface area contributed by atoms with Crippen LogP contribution in [-0.2, 0) is 4.79 Å². The van der Waals surface area contributed by atoms with Gasteiger partial charge in [-0.25, -0.2) is 0 Å². The standard InChI is InChI=1S/C15H23NO3/c1-6-13(14(17)16-15(2,3)4)19-12-9-7-8-11(10-12)18-5/h7-10,13H,6H2,1-5H3,(H,16,17)/t13-/m0/s1. The van der Waals surface area contributed by atoms with Gasteiger partial charge in [0.2, 0.25) is 0 Å². The lowest BCUT2D eigenvalue weighted by molar-refractivity contribution is -0.129. The smallest absolute Gasteiger partial charge is 0.261 e. The Bertz CT molecular complexity index is 424. The zero-order valence-electron chi connectivity index (χ0n) is 12.3. The number of carbonyl (C=O) groups is 1. The summed E-state index contributed by atoms with van der Waals surface area (Å²) in [5.74, 6) is 1.25. The van der Waals surface area contributed by atoms with Crippen LogP contribution in [0.4, 0.5) is 0 Å². The average Bonchev–Trinajstić information content (AvgIpc) is 2.34. The Kier molecular flexibility index (Phi) is 5.21. The SMILES string of the molecule is CC[C@H](Oc1cccc(OC)c1)C(=O)NC(C)(C)C. The summed E-state index contributed by atoms with van der Waals surface area (Å²) in [4.78, 5) is 12.1. The Morgan fingerprint density at radius 1 is 1.32 bits per heavy atom. The van der Waals surface area contributed by atoms with E-state index in [0.29, 0.717) is 17.9 Å². The molecule has 0 aliphatic rings. The van der Waals surface area contributed by atoms with Crippen molar-refractivity contribution in [2.75, 3.05) is 7.11 Å². The Labute approximate surface area is 115 Å². The molecule has 4 heteroatoms. The molecule has 0 aliphatic heterocycles. The van der Waals surface area contributed by atoms with E-state index in [2.05, 4.69) is 5.32 Å². The van der Waals surface area contributed by atoms with Gasteiger partial charge in [0.05, 0.1) is 7.11 Å². The van der Waals surface area contributed by atoms with Crippen molar-refractivity contribution in [3.05, 3.63) is 24.3 Å². The molecule has 0 fully saturated rings. The minimum absolute atomic E-state index is 0.0992. The van der Waals surface area contributed by atoms with E-state index in [4.69, 9.17) is 9.47 Å². The van der Waals surface area contributed by atoms with E-state index in [9.17, 15) is 4.79 Å². The molecule has 1 aromatic rings. The van der Waals surface area contributed by atoms with Gasteiger partial charge < -0.3 is 14.8 Å². The Balaban J connectivity index is 2.73. The fourth-order valence-corrected chi connectivity index (χ4v) is 1.61. The van der Waals surface area contributed by atoms with E-state index in [-0.39, 0.29) is 11.4 Å². The van der Waals surface area contributed by atoms with Crippen molar-refractivity contribution in [2.24, 2.45) is 0 Å². The van der Waals surface area contributed by atoms with Crippen molar-refractivity contribution in [3.8, 4) is 11.5 Å². The number of benzene rings is 1. The highest BCUT2D eigenvalue weighted by molar-refractivity contribution is 5.81. The van der Waals surface area contributed by atoms with Gasteiger partial charge in [0.1, 0.15) is 11.5 Å². The van der Waals surface area contributed by atoms with Crippen LogP contribution in [0.1, 0.15) is 34.1 Å². The molecule has 0 spiro atoms. The van der Waals surface area contributed by atoms with E-state index < -0.39 is 6.10 Å². The summed E-state index contributed by atoms with van der Waals surface area (Å²) in [5.41, 5.74) is -0.262. The van der Waals surface area contributed by atoms with Crippen LogP contribution >= 0.6 is 0 Å². The Morgan fingerprint density at radius 3 is 2.47 bits per heavy atom. The largest absolute Gasteiger partial charge is 0.497 e. The lowest BCUT2D eigenvalue weighted by atomic mass is 10.1. The van der Waals surface area contributed by atoms with E-state index in [1.54, 1.807) is 13.2 Å². The maximum Gasteiger partial charge on any atom is 0.261 e. The quantitative estimate of drug-likeness (QED) is 0.890. The van der Waals surface area contributed by atoms with Crippen molar-refractivity contribution in [1.82, 2.24) is 5.32 Å². The third kappa shape index (κ3) is 5.20. The molecule has 19 heavy (non-hydrogen) atoms. The molecule has 1 N–H and O–H groups in total. The van der Waals surface area contributed by atoms with E-state index in [1.165, 1.54) is 0 Å². The van der Waals surface area contributed by atoms with Crippen LogP contribution in [0.15, 0.2) is 24.3 Å². The van der Waals surface area contributed by atoms with Crippen LogP contribution in [0.25, 0.3) is 0 Å². The number of rotatable bonds is 5. The van der Waals surface area contributed by atoms with Crippen LogP contribution in [-0.4, -0.2) is 24.7 Å². The van der Waals surface area contributed by atoms with Gasteiger partial charge in [0.25, 0.3) is 5.91 Å². The first-order chi connectivity index (χ1) is 8.85. The number of hydrogen-bond donors (Lipinski definition) is 1. The highest BCUT2D eigenvalue weighted by Gasteiger charge is 2.23. The van der Waals surface area contributed by atoms with Gasteiger partial charge in [0, 0.05) is 11.6 Å². The lowest BCUT2D eigenvalue weighted by Gasteiger charge is -2.25. The lowest BCUT2D eigenvalue weighted by Crippen LogP contribution is -2.47. The van der Waals surface area contributed by atoms with Gasteiger partial charge in [0.15, 0.2) is 6.10 Å². The molecule has 0 saturated heterocycles. The van der Waals surface area contributed by atoms with Gasteiger partial charge in [-0.2, -0.15) is 0 Å². The zero-order chi connectivity index (χ0) is 14.5. The topological polar surface area (TPSA) is 47.6 Å². The average molecular weight is 265 g/mol. The molecule has 1 atom stereocenters. The van der Waals surface area contributed by atoms with Crippen molar-refractivity contribution < 1.29 is 14.3 Å².